The Labute approximate surface area is 108 Å². The van der Waals surface area contributed by atoms with Gasteiger partial charge in [0.1, 0.15) is 0 Å². The Bertz CT molecular complexity index is 516. The molecule has 1 aromatic heterocycles. The number of hydrogen-bond acceptors (Lipinski definition) is 2. The Morgan fingerprint density at radius 3 is 3.06 bits per heavy atom. The van der Waals surface area contributed by atoms with E-state index in [1.807, 2.05) is 13.0 Å². The van der Waals surface area contributed by atoms with Gasteiger partial charge in [0.2, 0.25) is 0 Å². The lowest BCUT2D eigenvalue weighted by atomic mass is 10.2. The van der Waals surface area contributed by atoms with Crippen LogP contribution in [-0.4, -0.2) is 24.7 Å². The van der Waals surface area contributed by atoms with Gasteiger partial charge in [0.15, 0.2) is 0 Å². The van der Waals surface area contributed by atoms with E-state index in [0.29, 0.717) is 6.61 Å². The minimum Gasteiger partial charge on any atom is -0.376 e. The summed E-state index contributed by atoms with van der Waals surface area (Å²) < 4.78 is 5.43. The van der Waals surface area contributed by atoms with Crippen LogP contribution >= 0.6 is 0 Å². The summed E-state index contributed by atoms with van der Waals surface area (Å²) in [5, 5.41) is 4.66. The molecule has 0 aliphatic heterocycles. The third kappa shape index (κ3) is 3.45. The Balaban J connectivity index is 1.75. The second kappa shape index (κ2) is 6.38. The lowest BCUT2D eigenvalue weighted by Crippen LogP contribution is -2.19. The van der Waals surface area contributed by atoms with Crippen molar-refractivity contribution in [3.05, 3.63) is 48.2 Å². The highest BCUT2D eigenvalue weighted by atomic mass is 16.5. The number of aromatic amines is 1. The molecule has 2 rings (SSSR count). The Morgan fingerprint density at radius 2 is 2.22 bits per heavy atom. The van der Waals surface area contributed by atoms with Gasteiger partial charge in [0.25, 0.3) is 0 Å². The molecule has 0 saturated carbocycles. The standard InChI is InChI=1S/C15H20N2O/c1-12(2)11-18-8-7-16-9-13-10-17-15-6-4-3-5-14(13)15/h3-6,10,16-17H,1,7-9,11H2,2H3. The van der Waals surface area contributed by atoms with Gasteiger partial charge < -0.3 is 15.0 Å². The normalized spacial score (nSPS) is 10.9. The van der Waals surface area contributed by atoms with Crippen molar-refractivity contribution in [2.24, 2.45) is 0 Å². The molecule has 18 heavy (non-hydrogen) atoms. The predicted octanol–water partition coefficient (Wildman–Crippen LogP) is 2.85. The van der Waals surface area contributed by atoms with Crippen molar-refractivity contribution in [2.75, 3.05) is 19.8 Å². The number of benzene rings is 1. The van der Waals surface area contributed by atoms with Crippen LogP contribution < -0.4 is 5.32 Å². The molecular formula is C15H20N2O. The van der Waals surface area contributed by atoms with Crippen molar-refractivity contribution in [1.82, 2.24) is 10.3 Å². The maximum Gasteiger partial charge on any atom is 0.0672 e. The van der Waals surface area contributed by atoms with E-state index in [1.54, 1.807) is 0 Å². The van der Waals surface area contributed by atoms with Crippen LogP contribution in [0.3, 0.4) is 0 Å². The van der Waals surface area contributed by atoms with Crippen molar-refractivity contribution in [2.45, 2.75) is 13.5 Å². The molecule has 0 atom stereocenters. The summed E-state index contributed by atoms with van der Waals surface area (Å²) in [5.41, 5.74) is 3.55. The van der Waals surface area contributed by atoms with Crippen LogP contribution in [0.5, 0.6) is 0 Å². The molecule has 2 N–H and O–H groups in total. The molecule has 3 heteroatoms. The molecule has 0 aliphatic carbocycles. The average molecular weight is 244 g/mol. The first kappa shape index (κ1) is 12.9. The fourth-order valence-electron chi connectivity index (χ4n) is 1.89. The van der Waals surface area contributed by atoms with Crippen LogP contribution in [0.25, 0.3) is 10.9 Å². The van der Waals surface area contributed by atoms with Crippen LogP contribution in [-0.2, 0) is 11.3 Å². The first-order valence-corrected chi connectivity index (χ1v) is 6.25. The molecule has 96 valence electrons. The van der Waals surface area contributed by atoms with E-state index in [-0.39, 0.29) is 0 Å². The van der Waals surface area contributed by atoms with Gasteiger partial charge in [-0.3, -0.25) is 0 Å². The molecule has 0 spiro atoms. The molecule has 0 unspecified atom stereocenters. The predicted molar refractivity (Wildman–Crippen MR) is 75.6 cm³/mol. The Kier molecular flexibility index (Phi) is 4.56. The van der Waals surface area contributed by atoms with E-state index in [1.165, 1.54) is 16.5 Å². The summed E-state index contributed by atoms with van der Waals surface area (Å²) in [7, 11) is 0. The number of nitrogens with one attached hydrogen (secondary N) is 2. The van der Waals surface area contributed by atoms with Crippen molar-refractivity contribution in [3.63, 3.8) is 0 Å². The molecule has 1 heterocycles. The number of H-pyrrole nitrogens is 1. The number of hydrogen-bond donors (Lipinski definition) is 2. The van der Waals surface area contributed by atoms with Gasteiger partial charge in [-0.1, -0.05) is 30.4 Å². The van der Waals surface area contributed by atoms with Crippen molar-refractivity contribution < 1.29 is 4.74 Å². The molecule has 0 saturated heterocycles. The largest absolute Gasteiger partial charge is 0.376 e. The molecule has 0 amide bonds. The number of ether oxygens (including phenoxy) is 1. The molecule has 2 aromatic rings. The quantitative estimate of drug-likeness (QED) is 0.580. The Hall–Kier alpha value is -1.58. The SMILES string of the molecule is C=C(C)COCCNCc1c[nH]c2ccccc12. The summed E-state index contributed by atoms with van der Waals surface area (Å²) in [6, 6.07) is 8.34. The number of fused-ring (bicyclic) bond motifs is 1. The summed E-state index contributed by atoms with van der Waals surface area (Å²) in [6.45, 7) is 8.85. The van der Waals surface area contributed by atoms with Crippen LogP contribution in [0.1, 0.15) is 12.5 Å². The van der Waals surface area contributed by atoms with E-state index in [0.717, 1.165) is 25.3 Å². The van der Waals surface area contributed by atoms with Crippen molar-refractivity contribution in [1.29, 1.82) is 0 Å². The van der Waals surface area contributed by atoms with E-state index in [9.17, 15) is 0 Å². The van der Waals surface area contributed by atoms with E-state index >= 15 is 0 Å². The van der Waals surface area contributed by atoms with Crippen molar-refractivity contribution >= 4 is 10.9 Å². The lowest BCUT2D eigenvalue weighted by molar-refractivity contribution is 0.158. The summed E-state index contributed by atoms with van der Waals surface area (Å²) >= 11 is 0. The zero-order valence-corrected chi connectivity index (χ0v) is 10.8. The smallest absolute Gasteiger partial charge is 0.0672 e. The van der Waals surface area contributed by atoms with Gasteiger partial charge in [0, 0.05) is 30.2 Å². The topological polar surface area (TPSA) is 37.0 Å². The third-order valence-corrected chi connectivity index (χ3v) is 2.76. The van der Waals surface area contributed by atoms with Crippen LogP contribution in [0.2, 0.25) is 0 Å². The fourth-order valence-corrected chi connectivity index (χ4v) is 1.89. The number of aromatic nitrogens is 1. The van der Waals surface area contributed by atoms with Gasteiger partial charge in [-0.15, -0.1) is 0 Å². The fraction of sp³-hybridized carbons (Fsp3) is 0.333. The molecule has 0 radical (unpaired) electrons. The first-order chi connectivity index (χ1) is 8.77. The maximum atomic E-state index is 5.43. The van der Waals surface area contributed by atoms with Crippen LogP contribution in [0, 0.1) is 0 Å². The van der Waals surface area contributed by atoms with E-state index in [2.05, 4.69) is 41.3 Å². The highest BCUT2D eigenvalue weighted by Crippen LogP contribution is 2.16. The maximum absolute atomic E-state index is 5.43. The molecular weight excluding hydrogens is 224 g/mol. The molecule has 0 bridgehead atoms. The van der Waals surface area contributed by atoms with E-state index in [4.69, 9.17) is 4.74 Å². The minimum absolute atomic E-state index is 0.648. The summed E-state index contributed by atoms with van der Waals surface area (Å²) in [6.07, 6.45) is 2.06. The average Bonchev–Trinajstić information content (AvgIpc) is 2.77. The molecule has 0 fully saturated rings. The minimum atomic E-state index is 0.648. The van der Waals surface area contributed by atoms with Gasteiger partial charge in [-0.05, 0) is 18.6 Å². The highest BCUT2D eigenvalue weighted by Gasteiger charge is 2.01. The first-order valence-electron chi connectivity index (χ1n) is 6.25. The molecule has 3 nitrogen and oxygen atoms in total. The zero-order valence-electron chi connectivity index (χ0n) is 10.8. The third-order valence-electron chi connectivity index (χ3n) is 2.76. The number of rotatable bonds is 7. The number of para-hydroxylation sites is 1. The summed E-state index contributed by atoms with van der Waals surface area (Å²) in [4.78, 5) is 3.27. The molecule has 0 aliphatic rings. The van der Waals surface area contributed by atoms with Gasteiger partial charge in [0.05, 0.1) is 13.2 Å². The second-order valence-electron chi connectivity index (χ2n) is 4.55. The van der Waals surface area contributed by atoms with Gasteiger partial charge in [-0.2, -0.15) is 0 Å². The zero-order chi connectivity index (χ0) is 12.8. The van der Waals surface area contributed by atoms with Gasteiger partial charge >= 0.3 is 0 Å². The monoisotopic (exact) mass is 244 g/mol. The van der Waals surface area contributed by atoms with E-state index < -0.39 is 0 Å². The highest BCUT2D eigenvalue weighted by molar-refractivity contribution is 5.82. The lowest BCUT2D eigenvalue weighted by Gasteiger charge is -2.05. The van der Waals surface area contributed by atoms with Gasteiger partial charge in [-0.25, -0.2) is 0 Å². The molecule has 1 aromatic carbocycles. The van der Waals surface area contributed by atoms with Crippen LogP contribution in [0.15, 0.2) is 42.6 Å². The Morgan fingerprint density at radius 1 is 1.39 bits per heavy atom. The van der Waals surface area contributed by atoms with Crippen LogP contribution in [0.4, 0.5) is 0 Å². The second-order valence-corrected chi connectivity index (χ2v) is 4.55. The van der Waals surface area contributed by atoms with Crippen molar-refractivity contribution in [3.8, 4) is 0 Å². The summed E-state index contributed by atoms with van der Waals surface area (Å²) in [5.74, 6) is 0.